The molecule has 0 spiro atoms. The minimum Gasteiger partial charge on any atom is -0.494 e. The van der Waals surface area contributed by atoms with E-state index in [2.05, 4.69) is 58.0 Å². The van der Waals surface area contributed by atoms with Gasteiger partial charge in [0.2, 0.25) is 0 Å². The van der Waals surface area contributed by atoms with Gasteiger partial charge in [0.25, 0.3) is 0 Å². The van der Waals surface area contributed by atoms with Crippen LogP contribution in [0.5, 0.6) is 5.75 Å². The molecule has 0 aliphatic heterocycles. The summed E-state index contributed by atoms with van der Waals surface area (Å²) in [5, 5.41) is 0. The maximum atomic E-state index is 5.76. The molecule has 24 heavy (non-hydrogen) atoms. The molecule has 2 rings (SSSR count). The monoisotopic (exact) mass is 323 g/mol. The molecule has 0 bridgehead atoms. The number of aryl methyl sites for hydroxylation is 2. The number of para-hydroxylation sites is 1. The van der Waals surface area contributed by atoms with Crippen molar-refractivity contribution in [3.63, 3.8) is 0 Å². The Bertz CT molecular complexity index is 634. The Balaban J connectivity index is 2.07. The number of benzene rings is 2. The molecule has 2 heteroatoms. The summed E-state index contributed by atoms with van der Waals surface area (Å²) in [5.74, 6) is 1.60. The highest BCUT2D eigenvalue weighted by atomic mass is 16.5. The topological polar surface area (TPSA) is 21.6 Å². The summed E-state index contributed by atoms with van der Waals surface area (Å²) in [7, 11) is 0. The molecule has 0 unspecified atom stereocenters. The Morgan fingerprint density at radius 1 is 0.958 bits per heavy atom. The molecule has 0 atom stereocenters. The van der Waals surface area contributed by atoms with E-state index in [-0.39, 0.29) is 0 Å². The number of rotatable bonds is 8. The molecule has 0 aliphatic rings. The predicted octanol–water partition coefficient (Wildman–Crippen LogP) is 5.99. The van der Waals surface area contributed by atoms with Gasteiger partial charge in [-0.25, -0.2) is 0 Å². The molecule has 0 radical (unpaired) electrons. The molecular formula is C22H29NO. The van der Waals surface area contributed by atoms with Gasteiger partial charge in [-0.05, 0) is 66.1 Å². The largest absolute Gasteiger partial charge is 0.494 e. The first-order valence-corrected chi connectivity index (χ1v) is 9.01. The van der Waals surface area contributed by atoms with Gasteiger partial charge in [0, 0.05) is 6.21 Å². The summed E-state index contributed by atoms with van der Waals surface area (Å²) >= 11 is 0. The molecule has 0 aromatic heterocycles. The minimum absolute atomic E-state index is 0.669. The maximum absolute atomic E-state index is 5.76. The smallest absolute Gasteiger partial charge is 0.119 e. The fraction of sp³-hybridized carbons (Fsp3) is 0.409. The molecule has 0 amide bonds. The molecule has 2 nitrogen and oxygen atoms in total. The number of hydrogen-bond acceptors (Lipinski definition) is 2. The van der Waals surface area contributed by atoms with Crippen LogP contribution < -0.4 is 4.74 Å². The van der Waals surface area contributed by atoms with Gasteiger partial charge in [-0.2, -0.15) is 0 Å². The van der Waals surface area contributed by atoms with Gasteiger partial charge in [0.15, 0.2) is 0 Å². The zero-order chi connectivity index (χ0) is 17.4. The summed E-state index contributed by atoms with van der Waals surface area (Å²) in [4.78, 5) is 4.77. The fourth-order valence-electron chi connectivity index (χ4n) is 2.58. The average molecular weight is 323 g/mol. The van der Waals surface area contributed by atoms with E-state index in [0.717, 1.165) is 42.9 Å². The molecule has 2 aromatic carbocycles. The van der Waals surface area contributed by atoms with Crippen LogP contribution in [0.3, 0.4) is 0 Å². The summed E-state index contributed by atoms with van der Waals surface area (Å²) in [6.07, 6.45) is 5.04. The number of hydrogen-bond donors (Lipinski definition) is 0. The van der Waals surface area contributed by atoms with E-state index in [1.54, 1.807) is 0 Å². The van der Waals surface area contributed by atoms with Gasteiger partial charge in [0.05, 0.1) is 12.3 Å². The molecule has 0 saturated heterocycles. The van der Waals surface area contributed by atoms with E-state index in [1.807, 2.05) is 18.3 Å². The van der Waals surface area contributed by atoms with Crippen LogP contribution in [0.15, 0.2) is 47.5 Å². The Morgan fingerprint density at radius 2 is 1.58 bits per heavy atom. The van der Waals surface area contributed by atoms with E-state index >= 15 is 0 Å². The number of ether oxygens (including phenoxy) is 1. The second kappa shape index (κ2) is 9.27. The van der Waals surface area contributed by atoms with Crippen molar-refractivity contribution >= 4 is 11.9 Å². The van der Waals surface area contributed by atoms with Crippen LogP contribution in [0.1, 0.15) is 50.8 Å². The van der Waals surface area contributed by atoms with Crippen LogP contribution in [0.2, 0.25) is 0 Å². The summed E-state index contributed by atoms with van der Waals surface area (Å²) in [6.45, 7) is 9.55. The van der Waals surface area contributed by atoms with Gasteiger partial charge < -0.3 is 4.74 Å². The molecule has 2 aromatic rings. The van der Waals surface area contributed by atoms with Crippen molar-refractivity contribution in [2.24, 2.45) is 10.9 Å². The molecule has 0 aliphatic carbocycles. The lowest BCUT2D eigenvalue weighted by molar-refractivity contribution is 0.289. The van der Waals surface area contributed by atoms with Gasteiger partial charge in [-0.1, -0.05) is 45.9 Å². The number of aliphatic imine (C=N–C) groups is 1. The maximum Gasteiger partial charge on any atom is 0.119 e. The van der Waals surface area contributed by atoms with E-state index in [9.17, 15) is 0 Å². The van der Waals surface area contributed by atoms with Gasteiger partial charge in [0.1, 0.15) is 5.75 Å². The van der Waals surface area contributed by atoms with Crippen molar-refractivity contribution in [1.82, 2.24) is 0 Å². The normalized spacial score (nSPS) is 11.4. The quantitative estimate of drug-likeness (QED) is 0.547. The third kappa shape index (κ3) is 5.23. The van der Waals surface area contributed by atoms with Gasteiger partial charge in [-0.15, -0.1) is 0 Å². The summed E-state index contributed by atoms with van der Waals surface area (Å²) in [6, 6.07) is 14.6. The standard InChI is InChI=1S/C22H29NO/c1-5-19-8-7-9-20(6-2)22(19)23-16-18-10-12-21(13-11-18)24-15-14-17(3)4/h7-13,16-17H,5-6,14-15H2,1-4H3. The van der Waals surface area contributed by atoms with Crippen molar-refractivity contribution in [2.75, 3.05) is 6.61 Å². The number of nitrogens with zero attached hydrogens (tertiary/aromatic N) is 1. The zero-order valence-electron chi connectivity index (χ0n) is 15.4. The van der Waals surface area contributed by atoms with Crippen molar-refractivity contribution in [1.29, 1.82) is 0 Å². The summed E-state index contributed by atoms with van der Waals surface area (Å²) in [5.41, 5.74) is 4.83. The molecule has 0 fully saturated rings. The fourth-order valence-corrected chi connectivity index (χ4v) is 2.58. The molecule has 0 heterocycles. The van der Waals surface area contributed by atoms with Crippen LogP contribution in [0.4, 0.5) is 5.69 Å². The van der Waals surface area contributed by atoms with Crippen molar-refractivity contribution in [2.45, 2.75) is 47.0 Å². The third-order valence-corrected chi connectivity index (χ3v) is 4.15. The lowest BCUT2D eigenvalue weighted by Crippen LogP contribution is -2.01. The van der Waals surface area contributed by atoms with Crippen molar-refractivity contribution < 1.29 is 4.74 Å². The second-order valence-corrected chi connectivity index (χ2v) is 6.49. The van der Waals surface area contributed by atoms with Crippen LogP contribution in [0.25, 0.3) is 0 Å². The van der Waals surface area contributed by atoms with Crippen LogP contribution in [-0.2, 0) is 12.8 Å². The Hall–Kier alpha value is -2.09. The Kier molecular flexibility index (Phi) is 7.05. The van der Waals surface area contributed by atoms with Gasteiger partial charge >= 0.3 is 0 Å². The average Bonchev–Trinajstić information content (AvgIpc) is 2.60. The highest BCUT2D eigenvalue weighted by Gasteiger charge is 2.04. The van der Waals surface area contributed by atoms with E-state index < -0.39 is 0 Å². The zero-order valence-corrected chi connectivity index (χ0v) is 15.4. The van der Waals surface area contributed by atoms with E-state index in [4.69, 9.17) is 9.73 Å². The molecule has 0 saturated carbocycles. The third-order valence-electron chi connectivity index (χ3n) is 4.15. The van der Waals surface area contributed by atoms with Crippen LogP contribution in [0, 0.1) is 5.92 Å². The van der Waals surface area contributed by atoms with E-state index in [0.29, 0.717) is 5.92 Å². The van der Waals surface area contributed by atoms with Crippen LogP contribution in [-0.4, -0.2) is 12.8 Å². The first-order valence-electron chi connectivity index (χ1n) is 9.01. The first-order chi connectivity index (χ1) is 11.6. The second-order valence-electron chi connectivity index (χ2n) is 6.49. The Labute approximate surface area is 146 Å². The molecule has 0 N–H and O–H groups in total. The first kappa shape index (κ1) is 18.3. The SMILES string of the molecule is CCc1cccc(CC)c1N=Cc1ccc(OCCC(C)C)cc1. The lowest BCUT2D eigenvalue weighted by Gasteiger charge is -2.09. The van der Waals surface area contributed by atoms with Gasteiger partial charge in [-0.3, -0.25) is 4.99 Å². The van der Waals surface area contributed by atoms with Crippen LogP contribution >= 0.6 is 0 Å². The molecule has 128 valence electrons. The van der Waals surface area contributed by atoms with Crippen molar-refractivity contribution in [3.05, 3.63) is 59.2 Å². The van der Waals surface area contributed by atoms with E-state index in [1.165, 1.54) is 11.1 Å². The Morgan fingerprint density at radius 3 is 2.12 bits per heavy atom. The lowest BCUT2D eigenvalue weighted by atomic mass is 10.0. The highest BCUT2D eigenvalue weighted by molar-refractivity contribution is 5.83. The predicted molar refractivity (Wildman–Crippen MR) is 104 cm³/mol. The molecular weight excluding hydrogens is 294 g/mol. The van der Waals surface area contributed by atoms with Crippen molar-refractivity contribution in [3.8, 4) is 5.75 Å². The minimum atomic E-state index is 0.669. The highest BCUT2D eigenvalue weighted by Crippen LogP contribution is 2.25. The summed E-state index contributed by atoms with van der Waals surface area (Å²) < 4.78 is 5.76.